The van der Waals surface area contributed by atoms with E-state index in [2.05, 4.69) is 31.4 Å². The number of urea groups is 1. The third-order valence-electron chi connectivity index (χ3n) is 6.86. The van der Waals surface area contributed by atoms with Crippen LogP contribution in [0.2, 0.25) is 0 Å². The molecule has 7 nitrogen and oxygen atoms in total. The van der Waals surface area contributed by atoms with Crippen LogP contribution in [-0.4, -0.2) is 65.4 Å². The van der Waals surface area contributed by atoms with Gasteiger partial charge in [-0.2, -0.15) is 0 Å². The van der Waals surface area contributed by atoms with E-state index >= 15 is 0 Å². The molecule has 2 heterocycles. The molecule has 1 saturated carbocycles. The van der Waals surface area contributed by atoms with E-state index < -0.39 is 11.6 Å². The Morgan fingerprint density at radius 3 is 2.43 bits per heavy atom. The summed E-state index contributed by atoms with van der Waals surface area (Å²) in [5.41, 5.74) is -0.595. The molecule has 158 valence electrons. The van der Waals surface area contributed by atoms with Crippen LogP contribution in [0.1, 0.15) is 66.2 Å². The van der Waals surface area contributed by atoms with Crippen LogP contribution in [0.25, 0.3) is 0 Å². The van der Waals surface area contributed by atoms with Crippen molar-refractivity contribution in [2.45, 2.75) is 77.8 Å². The second kappa shape index (κ2) is 8.01. The summed E-state index contributed by atoms with van der Waals surface area (Å²) in [6.45, 7) is 10.9. The second-order valence-electron chi connectivity index (χ2n) is 9.78. The van der Waals surface area contributed by atoms with Crippen LogP contribution in [0.5, 0.6) is 0 Å². The van der Waals surface area contributed by atoms with Gasteiger partial charge >= 0.3 is 6.03 Å². The van der Waals surface area contributed by atoms with Gasteiger partial charge in [0.05, 0.1) is 0 Å². The lowest BCUT2D eigenvalue weighted by molar-refractivity contribution is -0.141. The number of nitrogens with one attached hydrogen (secondary N) is 2. The van der Waals surface area contributed by atoms with Gasteiger partial charge in [-0.25, -0.2) is 4.79 Å². The van der Waals surface area contributed by atoms with Gasteiger partial charge in [0.15, 0.2) is 0 Å². The Labute approximate surface area is 168 Å². The summed E-state index contributed by atoms with van der Waals surface area (Å²) in [7, 11) is 0. The quantitative estimate of drug-likeness (QED) is 0.702. The lowest BCUT2D eigenvalue weighted by Gasteiger charge is -2.40. The SMILES string of the molecule is CCCN(C(=O)CN1C(=O)NC2(CCC(C(C)(C)C)CC2)C1=O)C1CCNC1. The maximum atomic E-state index is 13.1. The fourth-order valence-corrected chi connectivity index (χ4v) is 5.02. The number of amides is 4. The predicted molar refractivity (Wildman–Crippen MR) is 108 cm³/mol. The third kappa shape index (κ3) is 4.04. The van der Waals surface area contributed by atoms with E-state index in [1.165, 1.54) is 0 Å². The van der Waals surface area contributed by atoms with Crippen LogP contribution >= 0.6 is 0 Å². The van der Waals surface area contributed by atoms with E-state index in [1.807, 2.05) is 11.8 Å². The van der Waals surface area contributed by atoms with Crippen LogP contribution in [0.3, 0.4) is 0 Å². The normalized spacial score (nSPS) is 30.8. The molecule has 1 unspecified atom stereocenters. The molecule has 2 N–H and O–H groups in total. The standard InChI is InChI=1S/C21H36N4O3/c1-5-12-24(16-8-11-22-13-16)17(26)14-25-18(27)21(23-19(25)28)9-6-15(7-10-21)20(2,3)4/h15-16,22H,5-14H2,1-4H3,(H,23,28). The second-order valence-corrected chi connectivity index (χ2v) is 9.78. The molecular formula is C21H36N4O3. The number of hydrogen-bond acceptors (Lipinski definition) is 4. The Morgan fingerprint density at radius 1 is 1.21 bits per heavy atom. The van der Waals surface area contributed by atoms with E-state index in [0.717, 1.165) is 43.7 Å². The molecule has 1 aliphatic carbocycles. The zero-order chi connectivity index (χ0) is 20.5. The molecule has 0 aromatic carbocycles. The van der Waals surface area contributed by atoms with E-state index in [1.54, 1.807) is 0 Å². The van der Waals surface area contributed by atoms with Crippen molar-refractivity contribution in [3.8, 4) is 0 Å². The van der Waals surface area contributed by atoms with Crippen LogP contribution in [0.4, 0.5) is 4.79 Å². The van der Waals surface area contributed by atoms with Gasteiger partial charge in [-0.05, 0) is 56.4 Å². The summed E-state index contributed by atoms with van der Waals surface area (Å²) < 4.78 is 0. The first-order valence-corrected chi connectivity index (χ1v) is 10.8. The summed E-state index contributed by atoms with van der Waals surface area (Å²) in [4.78, 5) is 41.7. The molecule has 28 heavy (non-hydrogen) atoms. The lowest BCUT2D eigenvalue weighted by Crippen LogP contribution is -2.51. The fraction of sp³-hybridized carbons (Fsp3) is 0.857. The topological polar surface area (TPSA) is 81.8 Å². The fourth-order valence-electron chi connectivity index (χ4n) is 5.02. The summed E-state index contributed by atoms with van der Waals surface area (Å²) >= 11 is 0. The Kier molecular flexibility index (Phi) is 6.03. The van der Waals surface area contributed by atoms with Crippen molar-refractivity contribution in [1.29, 1.82) is 0 Å². The monoisotopic (exact) mass is 392 g/mol. The highest BCUT2D eigenvalue weighted by Gasteiger charge is 2.53. The van der Waals surface area contributed by atoms with Crippen LogP contribution < -0.4 is 10.6 Å². The first-order valence-electron chi connectivity index (χ1n) is 10.8. The van der Waals surface area contributed by atoms with Gasteiger partial charge in [-0.3, -0.25) is 14.5 Å². The van der Waals surface area contributed by atoms with Gasteiger partial charge in [0, 0.05) is 19.1 Å². The maximum absolute atomic E-state index is 13.1. The van der Waals surface area contributed by atoms with Gasteiger partial charge in [0.1, 0.15) is 12.1 Å². The van der Waals surface area contributed by atoms with Crippen molar-refractivity contribution in [3.05, 3.63) is 0 Å². The van der Waals surface area contributed by atoms with Crippen LogP contribution in [0.15, 0.2) is 0 Å². The minimum Gasteiger partial charge on any atom is -0.337 e. The smallest absolute Gasteiger partial charge is 0.325 e. The lowest BCUT2D eigenvalue weighted by atomic mass is 9.67. The van der Waals surface area contributed by atoms with E-state index in [9.17, 15) is 14.4 Å². The number of nitrogens with zero attached hydrogens (tertiary/aromatic N) is 2. The van der Waals surface area contributed by atoms with Gasteiger partial charge in [-0.1, -0.05) is 27.7 Å². The molecule has 0 bridgehead atoms. The largest absolute Gasteiger partial charge is 0.337 e. The van der Waals surface area contributed by atoms with Crippen molar-refractivity contribution in [2.75, 3.05) is 26.2 Å². The molecule has 2 aliphatic heterocycles. The van der Waals surface area contributed by atoms with Crippen molar-refractivity contribution < 1.29 is 14.4 Å². The molecule has 1 spiro atoms. The Balaban J connectivity index is 1.66. The highest BCUT2D eigenvalue weighted by atomic mass is 16.2. The summed E-state index contributed by atoms with van der Waals surface area (Å²) in [6.07, 6.45) is 4.95. The van der Waals surface area contributed by atoms with E-state index in [4.69, 9.17) is 0 Å². The van der Waals surface area contributed by atoms with Gasteiger partial charge in [0.25, 0.3) is 5.91 Å². The Hall–Kier alpha value is -1.63. The highest BCUT2D eigenvalue weighted by Crippen LogP contribution is 2.43. The van der Waals surface area contributed by atoms with Crippen molar-refractivity contribution in [2.24, 2.45) is 11.3 Å². The van der Waals surface area contributed by atoms with Gasteiger partial charge in [-0.15, -0.1) is 0 Å². The summed E-state index contributed by atoms with van der Waals surface area (Å²) in [6, 6.07) is -0.252. The molecule has 3 rings (SSSR count). The Bertz CT molecular complexity index is 614. The first-order chi connectivity index (χ1) is 13.2. The minimum atomic E-state index is -0.802. The average molecular weight is 393 g/mol. The van der Waals surface area contributed by atoms with E-state index in [0.29, 0.717) is 25.3 Å². The molecule has 3 fully saturated rings. The molecular weight excluding hydrogens is 356 g/mol. The summed E-state index contributed by atoms with van der Waals surface area (Å²) in [5, 5.41) is 6.23. The zero-order valence-electron chi connectivity index (χ0n) is 17.8. The number of carbonyl (C=O) groups excluding carboxylic acids is 3. The summed E-state index contributed by atoms with van der Waals surface area (Å²) in [5.74, 6) is 0.215. The predicted octanol–water partition coefficient (Wildman–Crippen LogP) is 2.11. The third-order valence-corrected chi connectivity index (χ3v) is 6.86. The minimum absolute atomic E-state index is 0.125. The maximum Gasteiger partial charge on any atom is 0.325 e. The number of rotatable bonds is 5. The number of carbonyl (C=O) groups is 3. The van der Waals surface area contributed by atoms with Crippen molar-refractivity contribution in [3.63, 3.8) is 0 Å². The molecule has 7 heteroatoms. The number of imide groups is 1. The first kappa shape index (κ1) is 21.1. The molecule has 1 atom stereocenters. The van der Waals surface area contributed by atoms with Crippen molar-refractivity contribution >= 4 is 17.8 Å². The molecule has 0 radical (unpaired) electrons. The van der Waals surface area contributed by atoms with Crippen LogP contribution in [0, 0.1) is 11.3 Å². The van der Waals surface area contributed by atoms with E-state index in [-0.39, 0.29) is 29.8 Å². The average Bonchev–Trinajstić information content (AvgIpc) is 3.23. The van der Waals surface area contributed by atoms with Crippen molar-refractivity contribution in [1.82, 2.24) is 20.4 Å². The molecule has 0 aromatic heterocycles. The number of hydrogen-bond donors (Lipinski definition) is 2. The Morgan fingerprint density at radius 2 is 1.89 bits per heavy atom. The molecule has 2 saturated heterocycles. The van der Waals surface area contributed by atoms with Gasteiger partial charge in [0.2, 0.25) is 5.91 Å². The molecule has 0 aromatic rings. The molecule has 3 aliphatic rings. The van der Waals surface area contributed by atoms with Gasteiger partial charge < -0.3 is 15.5 Å². The zero-order valence-corrected chi connectivity index (χ0v) is 17.8. The molecule has 4 amide bonds. The highest BCUT2D eigenvalue weighted by molar-refractivity contribution is 6.09. The van der Waals surface area contributed by atoms with Crippen LogP contribution in [-0.2, 0) is 9.59 Å².